The van der Waals surface area contributed by atoms with Gasteiger partial charge in [0.15, 0.2) is 0 Å². The smallest absolute Gasteiger partial charge is 0.249 e. The zero-order chi connectivity index (χ0) is 12.1. The van der Waals surface area contributed by atoms with E-state index in [1.807, 2.05) is 24.3 Å². The van der Waals surface area contributed by atoms with E-state index >= 15 is 0 Å². The van der Waals surface area contributed by atoms with E-state index in [4.69, 9.17) is 4.74 Å². The van der Waals surface area contributed by atoms with Crippen LogP contribution in [0.4, 0.5) is 0 Å². The molecule has 0 spiro atoms. The lowest BCUT2D eigenvalue weighted by Crippen LogP contribution is -2.37. The molecule has 1 aromatic carbocycles. The second kappa shape index (κ2) is 6.17. The molecule has 0 radical (unpaired) electrons. The van der Waals surface area contributed by atoms with Crippen LogP contribution in [0.25, 0.3) is 0 Å². The van der Waals surface area contributed by atoms with Crippen LogP contribution in [-0.4, -0.2) is 18.6 Å². The third kappa shape index (κ3) is 3.82. The van der Waals surface area contributed by atoms with Gasteiger partial charge < -0.3 is 10.1 Å². The molecule has 4 heteroatoms. The lowest BCUT2D eigenvalue weighted by atomic mass is 10.1. The van der Waals surface area contributed by atoms with Gasteiger partial charge in [-0.2, -0.15) is 0 Å². The van der Waals surface area contributed by atoms with Gasteiger partial charge in [-0.1, -0.05) is 28.1 Å². The highest BCUT2D eigenvalue weighted by Gasteiger charge is 2.21. The van der Waals surface area contributed by atoms with E-state index in [2.05, 4.69) is 21.2 Å². The van der Waals surface area contributed by atoms with E-state index in [9.17, 15) is 4.79 Å². The maximum atomic E-state index is 11.8. The molecule has 0 aromatic heterocycles. The summed E-state index contributed by atoms with van der Waals surface area (Å²) in [5.74, 6) is 0.00705. The number of rotatable bonds is 3. The van der Waals surface area contributed by atoms with E-state index in [1.165, 1.54) is 0 Å². The maximum Gasteiger partial charge on any atom is 0.249 e. The zero-order valence-electron chi connectivity index (χ0n) is 9.62. The number of hydrogen-bond donors (Lipinski definition) is 1. The van der Waals surface area contributed by atoms with Crippen LogP contribution in [-0.2, 0) is 16.1 Å². The Hall–Kier alpha value is -0.870. The Bertz CT molecular complexity index is 372. The van der Waals surface area contributed by atoms with Crippen LogP contribution in [0.15, 0.2) is 28.7 Å². The first-order chi connectivity index (χ1) is 8.25. The molecule has 1 fully saturated rings. The van der Waals surface area contributed by atoms with Crippen LogP contribution in [0.5, 0.6) is 0 Å². The summed E-state index contributed by atoms with van der Waals surface area (Å²) in [4.78, 5) is 11.8. The molecule has 92 valence electrons. The Morgan fingerprint density at radius 1 is 1.35 bits per heavy atom. The lowest BCUT2D eigenvalue weighted by molar-refractivity contribution is -0.135. The van der Waals surface area contributed by atoms with Crippen molar-refractivity contribution >= 4 is 21.8 Å². The summed E-state index contributed by atoms with van der Waals surface area (Å²) in [5, 5.41) is 2.91. The molecule has 1 heterocycles. The Morgan fingerprint density at radius 2 is 2.12 bits per heavy atom. The molecular weight excluding hydrogens is 282 g/mol. The second-order valence-electron chi connectivity index (χ2n) is 4.20. The third-order valence-corrected chi connectivity index (χ3v) is 3.38. The van der Waals surface area contributed by atoms with Gasteiger partial charge >= 0.3 is 0 Å². The average molecular weight is 298 g/mol. The molecule has 1 amide bonds. The maximum absolute atomic E-state index is 11.8. The Kier molecular flexibility index (Phi) is 4.57. The van der Waals surface area contributed by atoms with E-state index in [0.29, 0.717) is 13.2 Å². The van der Waals surface area contributed by atoms with Crippen molar-refractivity contribution in [1.82, 2.24) is 5.32 Å². The normalized spacial score (nSPS) is 19.9. The third-order valence-electron chi connectivity index (χ3n) is 2.85. The van der Waals surface area contributed by atoms with Gasteiger partial charge in [-0.05, 0) is 37.0 Å². The molecule has 17 heavy (non-hydrogen) atoms. The van der Waals surface area contributed by atoms with Crippen LogP contribution < -0.4 is 5.32 Å². The van der Waals surface area contributed by atoms with Gasteiger partial charge in [-0.3, -0.25) is 4.79 Å². The SMILES string of the molecule is O=C(NCc1ccc(Br)cc1)C1CCCCO1. The largest absolute Gasteiger partial charge is 0.368 e. The highest BCUT2D eigenvalue weighted by Crippen LogP contribution is 2.13. The summed E-state index contributed by atoms with van der Waals surface area (Å²) in [6.45, 7) is 1.27. The van der Waals surface area contributed by atoms with Crippen LogP contribution in [0.1, 0.15) is 24.8 Å². The molecule has 1 aliphatic heterocycles. The molecule has 1 aliphatic rings. The van der Waals surface area contributed by atoms with Crippen molar-refractivity contribution in [3.05, 3.63) is 34.3 Å². The number of hydrogen-bond acceptors (Lipinski definition) is 2. The van der Waals surface area contributed by atoms with E-state index in [-0.39, 0.29) is 12.0 Å². The average Bonchev–Trinajstić information content (AvgIpc) is 2.39. The number of benzene rings is 1. The molecule has 0 aliphatic carbocycles. The summed E-state index contributed by atoms with van der Waals surface area (Å²) in [6.07, 6.45) is 2.73. The van der Waals surface area contributed by atoms with Gasteiger partial charge in [0.2, 0.25) is 5.91 Å². The first kappa shape index (κ1) is 12.6. The predicted molar refractivity (Wildman–Crippen MR) is 69.6 cm³/mol. The first-order valence-corrected chi connectivity index (χ1v) is 6.69. The summed E-state index contributed by atoms with van der Waals surface area (Å²) in [5.41, 5.74) is 1.09. The molecule has 1 N–H and O–H groups in total. The van der Waals surface area contributed by atoms with Crippen molar-refractivity contribution in [2.75, 3.05) is 6.61 Å². The van der Waals surface area contributed by atoms with Gasteiger partial charge in [0, 0.05) is 17.6 Å². The fourth-order valence-electron chi connectivity index (χ4n) is 1.85. The minimum atomic E-state index is -0.251. The molecule has 1 unspecified atom stereocenters. The second-order valence-corrected chi connectivity index (χ2v) is 5.12. The molecule has 1 atom stereocenters. The van der Waals surface area contributed by atoms with Crippen LogP contribution in [0.2, 0.25) is 0 Å². The number of amides is 1. The van der Waals surface area contributed by atoms with Crippen molar-refractivity contribution in [3.63, 3.8) is 0 Å². The van der Waals surface area contributed by atoms with Gasteiger partial charge in [0.05, 0.1) is 0 Å². The fourth-order valence-corrected chi connectivity index (χ4v) is 2.12. The number of halogens is 1. The molecule has 2 rings (SSSR count). The first-order valence-electron chi connectivity index (χ1n) is 5.89. The van der Waals surface area contributed by atoms with Crippen molar-refractivity contribution in [2.45, 2.75) is 31.9 Å². The van der Waals surface area contributed by atoms with Crippen molar-refractivity contribution < 1.29 is 9.53 Å². The number of carbonyl (C=O) groups is 1. The van der Waals surface area contributed by atoms with Crippen LogP contribution >= 0.6 is 15.9 Å². The van der Waals surface area contributed by atoms with Gasteiger partial charge in [-0.15, -0.1) is 0 Å². The van der Waals surface area contributed by atoms with Gasteiger partial charge in [0.25, 0.3) is 0 Å². The molecule has 3 nitrogen and oxygen atoms in total. The standard InChI is InChI=1S/C13H16BrNO2/c14-11-6-4-10(5-7-11)9-15-13(16)12-3-1-2-8-17-12/h4-7,12H,1-3,8-9H2,(H,15,16). The van der Waals surface area contributed by atoms with Crippen molar-refractivity contribution in [2.24, 2.45) is 0 Å². The molecule has 1 saturated heterocycles. The molecule has 1 aromatic rings. The monoisotopic (exact) mass is 297 g/mol. The molecular formula is C13H16BrNO2. The summed E-state index contributed by atoms with van der Waals surface area (Å²) < 4.78 is 6.47. The predicted octanol–water partition coefficient (Wildman–Crippen LogP) is 2.63. The Labute approximate surface area is 110 Å². The molecule has 0 bridgehead atoms. The van der Waals surface area contributed by atoms with E-state index in [1.54, 1.807) is 0 Å². The van der Waals surface area contributed by atoms with Crippen LogP contribution in [0, 0.1) is 0 Å². The Morgan fingerprint density at radius 3 is 2.76 bits per heavy atom. The number of nitrogens with one attached hydrogen (secondary N) is 1. The van der Waals surface area contributed by atoms with E-state index in [0.717, 1.165) is 29.3 Å². The quantitative estimate of drug-likeness (QED) is 0.931. The number of ether oxygens (including phenoxy) is 1. The summed E-state index contributed by atoms with van der Waals surface area (Å²) in [7, 11) is 0. The summed E-state index contributed by atoms with van der Waals surface area (Å²) in [6, 6.07) is 7.93. The highest BCUT2D eigenvalue weighted by atomic mass is 79.9. The van der Waals surface area contributed by atoms with Gasteiger partial charge in [-0.25, -0.2) is 0 Å². The molecule has 0 saturated carbocycles. The number of carbonyl (C=O) groups excluding carboxylic acids is 1. The van der Waals surface area contributed by atoms with Crippen molar-refractivity contribution in [3.8, 4) is 0 Å². The fraction of sp³-hybridized carbons (Fsp3) is 0.462. The zero-order valence-corrected chi connectivity index (χ0v) is 11.2. The minimum Gasteiger partial charge on any atom is -0.368 e. The van der Waals surface area contributed by atoms with E-state index < -0.39 is 0 Å². The lowest BCUT2D eigenvalue weighted by Gasteiger charge is -2.21. The van der Waals surface area contributed by atoms with Crippen molar-refractivity contribution in [1.29, 1.82) is 0 Å². The Balaban J connectivity index is 1.81. The minimum absolute atomic E-state index is 0.00705. The highest BCUT2D eigenvalue weighted by molar-refractivity contribution is 9.10. The summed E-state index contributed by atoms with van der Waals surface area (Å²) >= 11 is 3.38. The van der Waals surface area contributed by atoms with Crippen LogP contribution in [0.3, 0.4) is 0 Å². The van der Waals surface area contributed by atoms with Gasteiger partial charge in [0.1, 0.15) is 6.10 Å². The topological polar surface area (TPSA) is 38.3 Å².